The first-order valence-electron chi connectivity index (χ1n) is 7.79. The maximum atomic E-state index is 12.7. The summed E-state index contributed by atoms with van der Waals surface area (Å²) in [5.74, 6) is 0.471. The van der Waals surface area contributed by atoms with Crippen molar-refractivity contribution in [3.8, 4) is 0 Å². The normalized spacial score (nSPS) is 18.8. The lowest BCUT2D eigenvalue weighted by atomic mass is 9.83. The van der Waals surface area contributed by atoms with Crippen LogP contribution in [0.1, 0.15) is 55.9 Å². The van der Waals surface area contributed by atoms with Crippen LogP contribution < -0.4 is 10.5 Å². The van der Waals surface area contributed by atoms with Crippen LogP contribution >= 0.6 is 11.3 Å². The van der Waals surface area contributed by atoms with Crippen LogP contribution in [0.5, 0.6) is 0 Å². The fourth-order valence-electron chi connectivity index (χ4n) is 3.30. The average molecular weight is 331 g/mol. The molecule has 1 aromatic heterocycles. The van der Waals surface area contributed by atoms with Crippen LogP contribution in [-0.2, 0) is 16.6 Å². The second kappa shape index (κ2) is 7.22. The maximum absolute atomic E-state index is 12.7. The van der Waals surface area contributed by atoms with Crippen LogP contribution in [-0.4, -0.2) is 14.5 Å². The van der Waals surface area contributed by atoms with Gasteiger partial charge < -0.3 is 5.73 Å². The van der Waals surface area contributed by atoms with E-state index in [0.717, 1.165) is 29.7 Å². The van der Waals surface area contributed by atoms with Crippen LogP contribution in [0, 0.1) is 12.8 Å². The highest BCUT2D eigenvalue weighted by atomic mass is 32.2. The molecule has 0 bridgehead atoms. The van der Waals surface area contributed by atoms with Gasteiger partial charge in [-0.05, 0) is 43.0 Å². The number of sulfonamides is 1. The smallest absolute Gasteiger partial charge is 0.242 e. The highest BCUT2D eigenvalue weighted by Crippen LogP contribution is 2.31. The Kier molecular flexibility index (Phi) is 5.82. The zero-order valence-electron chi connectivity index (χ0n) is 12.9. The molecule has 0 aliphatic heterocycles. The van der Waals surface area contributed by atoms with Gasteiger partial charge in [0.2, 0.25) is 10.0 Å². The molecule has 0 radical (unpaired) electrons. The van der Waals surface area contributed by atoms with Crippen LogP contribution in [0.2, 0.25) is 0 Å². The van der Waals surface area contributed by atoms with Gasteiger partial charge in [0.05, 0.1) is 0 Å². The minimum atomic E-state index is -3.47. The van der Waals surface area contributed by atoms with Gasteiger partial charge in [-0.15, -0.1) is 11.3 Å². The highest BCUT2D eigenvalue weighted by Gasteiger charge is 2.29. The standard InChI is InChI=1S/C15H26N2O2S2/c1-3-13(12-7-5-4-6-8-12)17-21(18,19)15-11(2)10-20-14(15)9-16/h10,12-13,17H,3-9,16H2,1-2H3. The van der Waals surface area contributed by atoms with Crippen molar-refractivity contribution in [1.29, 1.82) is 0 Å². The summed E-state index contributed by atoms with van der Waals surface area (Å²) in [6.07, 6.45) is 6.81. The average Bonchev–Trinajstić information content (AvgIpc) is 2.87. The summed E-state index contributed by atoms with van der Waals surface area (Å²) in [5.41, 5.74) is 6.48. The van der Waals surface area contributed by atoms with Gasteiger partial charge >= 0.3 is 0 Å². The Bertz CT molecular complexity index is 560. The van der Waals surface area contributed by atoms with E-state index in [0.29, 0.717) is 10.8 Å². The first-order valence-corrected chi connectivity index (χ1v) is 10.1. The first-order chi connectivity index (χ1) is 9.99. The first kappa shape index (κ1) is 16.9. The van der Waals surface area contributed by atoms with Crippen LogP contribution in [0.15, 0.2) is 10.3 Å². The van der Waals surface area contributed by atoms with Crippen molar-refractivity contribution in [2.75, 3.05) is 0 Å². The Balaban J connectivity index is 2.20. The molecule has 1 saturated carbocycles. The molecule has 4 nitrogen and oxygen atoms in total. The quantitative estimate of drug-likeness (QED) is 0.841. The van der Waals surface area contributed by atoms with Gasteiger partial charge in [-0.25, -0.2) is 13.1 Å². The van der Waals surface area contributed by atoms with E-state index in [1.165, 1.54) is 30.6 Å². The van der Waals surface area contributed by atoms with Gasteiger partial charge in [-0.2, -0.15) is 0 Å². The lowest BCUT2D eigenvalue weighted by molar-refractivity contribution is 0.285. The molecule has 6 heteroatoms. The number of rotatable bonds is 6. The summed E-state index contributed by atoms with van der Waals surface area (Å²) in [6, 6.07) is 0.0419. The molecule has 1 unspecified atom stereocenters. The highest BCUT2D eigenvalue weighted by molar-refractivity contribution is 7.89. The van der Waals surface area contributed by atoms with Gasteiger partial charge in [-0.1, -0.05) is 26.2 Å². The molecule has 0 saturated heterocycles. The van der Waals surface area contributed by atoms with E-state index in [1.54, 1.807) is 0 Å². The van der Waals surface area contributed by atoms with E-state index in [1.807, 2.05) is 12.3 Å². The third-order valence-electron chi connectivity index (χ3n) is 4.41. The second-order valence-corrected chi connectivity index (χ2v) is 8.52. The zero-order valence-corrected chi connectivity index (χ0v) is 14.5. The fraction of sp³-hybridized carbons (Fsp3) is 0.733. The van der Waals surface area contributed by atoms with Crippen molar-refractivity contribution in [2.24, 2.45) is 11.7 Å². The second-order valence-electron chi connectivity index (χ2n) is 5.91. The van der Waals surface area contributed by atoms with Gasteiger partial charge in [0, 0.05) is 17.5 Å². The van der Waals surface area contributed by atoms with Gasteiger partial charge in [0.15, 0.2) is 0 Å². The van der Waals surface area contributed by atoms with Crippen LogP contribution in [0.25, 0.3) is 0 Å². The minimum Gasteiger partial charge on any atom is -0.326 e. The third kappa shape index (κ3) is 3.86. The lowest BCUT2D eigenvalue weighted by Crippen LogP contribution is -2.41. The van der Waals surface area contributed by atoms with Crippen molar-refractivity contribution in [3.05, 3.63) is 15.8 Å². The number of nitrogens with one attached hydrogen (secondary N) is 1. The predicted octanol–water partition coefficient (Wildman–Crippen LogP) is 3.15. The van der Waals surface area contributed by atoms with E-state index in [-0.39, 0.29) is 12.6 Å². The van der Waals surface area contributed by atoms with E-state index in [2.05, 4.69) is 11.6 Å². The Morgan fingerprint density at radius 3 is 2.62 bits per heavy atom. The Morgan fingerprint density at radius 1 is 1.38 bits per heavy atom. The molecule has 21 heavy (non-hydrogen) atoms. The number of hydrogen-bond acceptors (Lipinski definition) is 4. The van der Waals surface area contributed by atoms with Crippen molar-refractivity contribution in [1.82, 2.24) is 4.72 Å². The summed E-state index contributed by atoms with van der Waals surface area (Å²) in [7, 11) is -3.47. The number of nitrogens with two attached hydrogens (primary N) is 1. The topological polar surface area (TPSA) is 72.2 Å². The summed E-state index contributed by atoms with van der Waals surface area (Å²) < 4.78 is 28.4. The van der Waals surface area contributed by atoms with E-state index in [9.17, 15) is 8.42 Å². The molecule has 1 aliphatic rings. The molecule has 1 aromatic rings. The van der Waals surface area contributed by atoms with Crippen LogP contribution in [0.3, 0.4) is 0 Å². The lowest BCUT2D eigenvalue weighted by Gasteiger charge is -2.30. The summed E-state index contributed by atoms with van der Waals surface area (Å²) >= 11 is 1.43. The SMILES string of the molecule is CCC(NS(=O)(=O)c1c(C)csc1CN)C1CCCCC1. The van der Waals surface area contributed by atoms with E-state index in [4.69, 9.17) is 5.73 Å². The Hall–Kier alpha value is -0.430. The van der Waals surface area contributed by atoms with Crippen molar-refractivity contribution in [2.45, 2.75) is 69.9 Å². The summed E-state index contributed by atoms with van der Waals surface area (Å²) in [6.45, 7) is 4.17. The minimum absolute atomic E-state index is 0.0419. The molecule has 3 N–H and O–H groups in total. The molecular weight excluding hydrogens is 304 g/mol. The summed E-state index contributed by atoms with van der Waals surface area (Å²) in [5, 5.41) is 1.87. The zero-order chi connectivity index (χ0) is 15.5. The fourth-order valence-corrected chi connectivity index (χ4v) is 6.39. The molecule has 0 amide bonds. The number of aryl methyl sites for hydroxylation is 1. The number of thiophene rings is 1. The third-order valence-corrected chi connectivity index (χ3v) is 7.38. The molecule has 1 heterocycles. The number of hydrogen-bond donors (Lipinski definition) is 2. The maximum Gasteiger partial charge on any atom is 0.242 e. The molecule has 1 aliphatic carbocycles. The molecule has 0 spiro atoms. The molecule has 0 aromatic carbocycles. The van der Waals surface area contributed by atoms with Gasteiger partial charge in [0.25, 0.3) is 0 Å². The molecule has 120 valence electrons. The van der Waals surface area contributed by atoms with E-state index < -0.39 is 10.0 Å². The van der Waals surface area contributed by atoms with Crippen molar-refractivity contribution < 1.29 is 8.42 Å². The van der Waals surface area contributed by atoms with Crippen molar-refractivity contribution >= 4 is 21.4 Å². The monoisotopic (exact) mass is 330 g/mol. The molecular formula is C15H26N2O2S2. The molecule has 1 atom stereocenters. The summed E-state index contributed by atoms with van der Waals surface area (Å²) in [4.78, 5) is 1.16. The van der Waals surface area contributed by atoms with Crippen molar-refractivity contribution in [3.63, 3.8) is 0 Å². The van der Waals surface area contributed by atoms with Gasteiger partial charge in [-0.3, -0.25) is 0 Å². The Morgan fingerprint density at radius 2 is 2.05 bits per heavy atom. The molecule has 1 fully saturated rings. The van der Waals surface area contributed by atoms with E-state index >= 15 is 0 Å². The Labute approximate surface area is 132 Å². The van der Waals surface area contributed by atoms with Gasteiger partial charge in [0.1, 0.15) is 4.90 Å². The molecule has 2 rings (SSSR count). The van der Waals surface area contributed by atoms with Crippen LogP contribution in [0.4, 0.5) is 0 Å². The predicted molar refractivity (Wildman–Crippen MR) is 87.9 cm³/mol. The largest absolute Gasteiger partial charge is 0.326 e.